The molecule has 0 spiro atoms. The first kappa shape index (κ1) is 9.65. The van der Waals surface area contributed by atoms with Crippen molar-refractivity contribution in [3.63, 3.8) is 0 Å². The van der Waals surface area contributed by atoms with E-state index in [1.54, 1.807) is 6.20 Å². The molecule has 3 rings (SSSR count). The average Bonchev–Trinajstić information content (AvgIpc) is 2.87. The lowest BCUT2D eigenvalue weighted by Gasteiger charge is -1.94. The Morgan fingerprint density at radius 1 is 1.29 bits per heavy atom. The lowest BCUT2D eigenvalue weighted by Crippen LogP contribution is -1.96. The van der Waals surface area contributed by atoms with Crippen molar-refractivity contribution in [3.05, 3.63) is 48.3 Å². The molecule has 2 aromatic heterocycles. The van der Waals surface area contributed by atoms with E-state index >= 15 is 0 Å². The molecule has 1 aromatic carbocycles. The molecule has 0 radical (unpaired) electrons. The molecule has 3 aromatic rings. The highest BCUT2D eigenvalue weighted by Gasteiger charge is 2.11. The van der Waals surface area contributed by atoms with Crippen LogP contribution >= 0.6 is 0 Å². The van der Waals surface area contributed by atoms with E-state index in [9.17, 15) is 4.79 Å². The van der Waals surface area contributed by atoms with Crippen LogP contribution in [-0.2, 0) is 0 Å². The second kappa shape index (κ2) is 3.48. The molecule has 0 aliphatic rings. The fraction of sp³-hybridized carbons (Fsp3) is 0. The second-order valence-corrected chi connectivity index (χ2v) is 3.70. The van der Waals surface area contributed by atoms with Crippen LogP contribution in [0.15, 0.2) is 42.6 Å². The van der Waals surface area contributed by atoms with Gasteiger partial charge in [-0.3, -0.25) is 0 Å². The van der Waals surface area contributed by atoms with E-state index in [0.717, 1.165) is 11.3 Å². The van der Waals surface area contributed by atoms with Gasteiger partial charge in [0.1, 0.15) is 5.65 Å². The Balaban J connectivity index is 2.10. The molecule has 0 saturated heterocycles. The molecule has 0 amide bonds. The molecular formula is C12H9N3O2. The minimum absolute atomic E-state index is 0.0378. The van der Waals surface area contributed by atoms with Crippen molar-refractivity contribution in [2.24, 2.45) is 0 Å². The average molecular weight is 227 g/mol. The van der Waals surface area contributed by atoms with Crippen LogP contribution in [0.25, 0.3) is 16.9 Å². The van der Waals surface area contributed by atoms with Crippen LogP contribution in [0.2, 0.25) is 0 Å². The van der Waals surface area contributed by atoms with Crippen molar-refractivity contribution in [1.29, 1.82) is 0 Å². The highest BCUT2D eigenvalue weighted by molar-refractivity contribution is 5.86. The molecule has 0 aliphatic heterocycles. The number of nitrogens with zero attached hydrogens (tertiary/aromatic N) is 2. The molecule has 0 aliphatic carbocycles. The van der Waals surface area contributed by atoms with Crippen molar-refractivity contribution in [2.45, 2.75) is 0 Å². The number of aromatic nitrogens is 3. The van der Waals surface area contributed by atoms with Crippen LogP contribution in [0, 0.1) is 0 Å². The fourth-order valence-electron chi connectivity index (χ4n) is 1.75. The summed E-state index contributed by atoms with van der Waals surface area (Å²) >= 11 is 0. The number of hydrogen-bond donors (Lipinski definition) is 2. The quantitative estimate of drug-likeness (QED) is 0.703. The van der Waals surface area contributed by atoms with E-state index in [2.05, 4.69) is 10.1 Å². The summed E-state index contributed by atoms with van der Waals surface area (Å²) in [6.45, 7) is 0. The minimum Gasteiger partial charge on any atom is -0.476 e. The third-order valence-electron chi connectivity index (χ3n) is 2.55. The standard InChI is InChI=1S/C12H9N3O2/c16-12(17)9-6-11-13-10(7-15(11)14-9)8-4-2-1-3-5-8/h1-7,13H,(H,16,17). The van der Waals surface area contributed by atoms with Crippen LogP contribution in [0.5, 0.6) is 0 Å². The predicted octanol–water partition coefficient (Wildman–Crippen LogP) is 2.03. The number of aromatic carboxylic acids is 1. The third kappa shape index (κ3) is 1.57. The summed E-state index contributed by atoms with van der Waals surface area (Å²) in [5.74, 6) is -1.02. The molecule has 0 atom stereocenters. The number of imidazole rings is 1. The fourth-order valence-corrected chi connectivity index (χ4v) is 1.75. The van der Waals surface area contributed by atoms with Gasteiger partial charge in [-0.15, -0.1) is 0 Å². The lowest BCUT2D eigenvalue weighted by molar-refractivity contribution is 0.0690. The summed E-state index contributed by atoms with van der Waals surface area (Å²) < 4.78 is 1.53. The van der Waals surface area contributed by atoms with E-state index < -0.39 is 5.97 Å². The normalized spacial score (nSPS) is 10.8. The Labute approximate surface area is 96.3 Å². The molecule has 0 bridgehead atoms. The number of nitrogens with one attached hydrogen (secondary N) is 1. The van der Waals surface area contributed by atoms with E-state index in [4.69, 9.17) is 5.11 Å². The number of H-pyrrole nitrogens is 1. The molecule has 0 unspecified atom stereocenters. The number of carboxylic acid groups (broad SMARTS) is 1. The number of aromatic amines is 1. The van der Waals surface area contributed by atoms with Gasteiger partial charge in [-0.25, -0.2) is 9.31 Å². The monoisotopic (exact) mass is 227 g/mol. The number of fused-ring (bicyclic) bond motifs is 1. The Hall–Kier alpha value is -2.56. The molecular weight excluding hydrogens is 218 g/mol. The number of benzene rings is 1. The highest BCUT2D eigenvalue weighted by atomic mass is 16.4. The van der Waals surface area contributed by atoms with Gasteiger partial charge in [-0.05, 0) is 5.56 Å². The molecule has 2 N–H and O–H groups in total. The van der Waals surface area contributed by atoms with Crippen LogP contribution in [0.4, 0.5) is 0 Å². The first-order valence-corrected chi connectivity index (χ1v) is 5.11. The zero-order chi connectivity index (χ0) is 11.8. The highest BCUT2D eigenvalue weighted by Crippen LogP contribution is 2.18. The van der Waals surface area contributed by atoms with Crippen LogP contribution < -0.4 is 0 Å². The van der Waals surface area contributed by atoms with Gasteiger partial charge in [0, 0.05) is 6.07 Å². The summed E-state index contributed by atoms with van der Waals surface area (Å²) in [6, 6.07) is 11.3. The zero-order valence-corrected chi connectivity index (χ0v) is 8.79. The van der Waals surface area contributed by atoms with Crippen molar-refractivity contribution >= 4 is 11.6 Å². The van der Waals surface area contributed by atoms with Crippen LogP contribution in [0.1, 0.15) is 10.5 Å². The Morgan fingerprint density at radius 3 is 2.71 bits per heavy atom. The summed E-state index contributed by atoms with van der Waals surface area (Å²) in [6.07, 6.45) is 1.77. The first-order chi connectivity index (χ1) is 8.24. The van der Waals surface area contributed by atoms with Gasteiger partial charge in [-0.1, -0.05) is 30.3 Å². The van der Waals surface area contributed by atoms with Gasteiger partial charge in [0.2, 0.25) is 0 Å². The van der Waals surface area contributed by atoms with Gasteiger partial charge in [0.15, 0.2) is 5.69 Å². The summed E-state index contributed by atoms with van der Waals surface area (Å²) in [4.78, 5) is 13.9. The minimum atomic E-state index is -1.02. The van der Waals surface area contributed by atoms with Gasteiger partial charge in [0.25, 0.3) is 0 Å². The Kier molecular flexibility index (Phi) is 1.98. The summed E-state index contributed by atoms with van der Waals surface area (Å²) in [5, 5.41) is 12.7. The van der Waals surface area contributed by atoms with Gasteiger partial charge >= 0.3 is 5.97 Å². The van der Waals surface area contributed by atoms with E-state index in [1.165, 1.54) is 10.6 Å². The smallest absolute Gasteiger partial charge is 0.356 e. The maximum Gasteiger partial charge on any atom is 0.356 e. The van der Waals surface area contributed by atoms with Gasteiger partial charge in [-0.2, -0.15) is 5.10 Å². The third-order valence-corrected chi connectivity index (χ3v) is 2.55. The maximum atomic E-state index is 10.7. The van der Waals surface area contributed by atoms with Crippen LogP contribution in [-0.4, -0.2) is 25.7 Å². The predicted molar refractivity (Wildman–Crippen MR) is 61.9 cm³/mol. The zero-order valence-electron chi connectivity index (χ0n) is 8.79. The summed E-state index contributed by atoms with van der Waals surface area (Å²) in [5.41, 5.74) is 2.65. The SMILES string of the molecule is O=C(O)c1cc2[nH]c(-c3ccccc3)cn2n1. The lowest BCUT2D eigenvalue weighted by atomic mass is 10.2. The first-order valence-electron chi connectivity index (χ1n) is 5.11. The Morgan fingerprint density at radius 2 is 2.06 bits per heavy atom. The van der Waals surface area contributed by atoms with E-state index in [1.807, 2.05) is 30.3 Å². The topological polar surface area (TPSA) is 70.4 Å². The van der Waals surface area contributed by atoms with E-state index in [-0.39, 0.29) is 5.69 Å². The molecule has 2 heterocycles. The maximum absolute atomic E-state index is 10.7. The summed E-state index contributed by atoms with van der Waals surface area (Å²) in [7, 11) is 0. The van der Waals surface area contributed by atoms with Crippen molar-refractivity contribution in [3.8, 4) is 11.3 Å². The van der Waals surface area contributed by atoms with Gasteiger partial charge in [0.05, 0.1) is 11.9 Å². The molecule has 5 nitrogen and oxygen atoms in total. The van der Waals surface area contributed by atoms with E-state index in [0.29, 0.717) is 5.65 Å². The van der Waals surface area contributed by atoms with Gasteiger partial charge < -0.3 is 10.1 Å². The van der Waals surface area contributed by atoms with Crippen LogP contribution in [0.3, 0.4) is 0 Å². The molecule has 84 valence electrons. The number of carboxylic acids is 1. The van der Waals surface area contributed by atoms with Crippen molar-refractivity contribution < 1.29 is 9.90 Å². The molecule has 17 heavy (non-hydrogen) atoms. The number of carbonyl (C=O) groups is 1. The molecule has 0 saturated carbocycles. The second-order valence-electron chi connectivity index (χ2n) is 3.70. The number of rotatable bonds is 2. The largest absolute Gasteiger partial charge is 0.476 e. The number of hydrogen-bond acceptors (Lipinski definition) is 2. The Bertz CT molecular complexity index is 651. The van der Waals surface area contributed by atoms with Crippen molar-refractivity contribution in [2.75, 3.05) is 0 Å². The molecule has 5 heteroatoms. The molecule has 0 fully saturated rings. The van der Waals surface area contributed by atoms with Crippen molar-refractivity contribution in [1.82, 2.24) is 14.6 Å².